The van der Waals surface area contributed by atoms with Crippen LogP contribution in [-0.2, 0) is 25.6 Å². The molecule has 0 saturated heterocycles. The highest BCUT2D eigenvalue weighted by molar-refractivity contribution is 5.93. The first-order valence-corrected chi connectivity index (χ1v) is 9.56. The maximum atomic E-state index is 12.9. The Bertz CT molecular complexity index is 710. The van der Waals surface area contributed by atoms with Gasteiger partial charge in [0.2, 0.25) is 17.7 Å². The van der Waals surface area contributed by atoms with Gasteiger partial charge < -0.3 is 26.8 Å². The van der Waals surface area contributed by atoms with E-state index in [-0.39, 0.29) is 18.9 Å². The number of amides is 3. The molecule has 4 unspecified atom stereocenters. The third-order valence-corrected chi connectivity index (χ3v) is 4.64. The lowest BCUT2D eigenvalue weighted by molar-refractivity contribution is -0.142. The molecule has 0 heterocycles. The van der Waals surface area contributed by atoms with Gasteiger partial charge in [0.1, 0.15) is 18.1 Å². The zero-order valence-electron chi connectivity index (χ0n) is 17.0. The van der Waals surface area contributed by atoms with Crippen LogP contribution in [0.5, 0.6) is 0 Å². The van der Waals surface area contributed by atoms with Crippen molar-refractivity contribution in [2.75, 3.05) is 6.54 Å². The Morgan fingerprint density at radius 2 is 1.62 bits per heavy atom. The number of nitrogens with one attached hydrogen (secondary N) is 3. The van der Waals surface area contributed by atoms with Crippen LogP contribution in [0.3, 0.4) is 0 Å². The minimum atomic E-state index is -1.18. The van der Waals surface area contributed by atoms with Gasteiger partial charge in [0.25, 0.3) is 0 Å². The maximum Gasteiger partial charge on any atom is 0.325 e. The summed E-state index contributed by atoms with van der Waals surface area (Å²) in [5, 5.41) is 16.6. The molecular weight excluding hydrogens is 376 g/mol. The number of aliphatic carboxylic acids is 1. The SMILES string of the molecule is CCC(C)C(NC(=O)C(Cc1ccccc1)NC(=O)CN)C(=O)NC(C)C(=O)O. The first-order valence-electron chi connectivity index (χ1n) is 9.56. The molecule has 1 aromatic rings. The van der Waals surface area contributed by atoms with Crippen molar-refractivity contribution in [3.8, 4) is 0 Å². The Morgan fingerprint density at radius 3 is 2.14 bits per heavy atom. The van der Waals surface area contributed by atoms with Crippen molar-refractivity contribution >= 4 is 23.7 Å². The number of carbonyl (C=O) groups excluding carboxylic acids is 3. The molecule has 0 radical (unpaired) electrons. The second-order valence-electron chi connectivity index (χ2n) is 6.95. The predicted molar refractivity (Wildman–Crippen MR) is 108 cm³/mol. The number of nitrogens with two attached hydrogens (primary N) is 1. The molecule has 3 amide bonds. The van der Waals surface area contributed by atoms with Crippen molar-refractivity contribution in [1.82, 2.24) is 16.0 Å². The largest absolute Gasteiger partial charge is 0.480 e. The lowest BCUT2D eigenvalue weighted by atomic mass is 9.97. The Balaban J connectivity index is 2.99. The van der Waals surface area contributed by atoms with Crippen molar-refractivity contribution in [1.29, 1.82) is 0 Å². The smallest absolute Gasteiger partial charge is 0.325 e. The highest BCUT2D eigenvalue weighted by Crippen LogP contribution is 2.10. The van der Waals surface area contributed by atoms with E-state index in [2.05, 4.69) is 16.0 Å². The zero-order valence-corrected chi connectivity index (χ0v) is 17.0. The molecule has 0 spiro atoms. The molecule has 0 aliphatic rings. The molecule has 0 aromatic heterocycles. The Morgan fingerprint density at radius 1 is 1.00 bits per heavy atom. The van der Waals surface area contributed by atoms with Crippen molar-refractivity contribution in [3.63, 3.8) is 0 Å². The highest BCUT2D eigenvalue weighted by atomic mass is 16.4. The van der Waals surface area contributed by atoms with Crippen molar-refractivity contribution < 1.29 is 24.3 Å². The minimum Gasteiger partial charge on any atom is -0.480 e. The van der Waals surface area contributed by atoms with Gasteiger partial charge in [-0.05, 0) is 18.4 Å². The lowest BCUT2D eigenvalue weighted by Gasteiger charge is -2.27. The molecular formula is C20H30N4O5. The van der Waals surface area contributed by atoms with E-state index >= 15 is 0 Å². The van der Waals surface area contributed by atoms with Crippen LogP contribution in [0, 0.1) is 5.92 Å². The van der Waals surface area contributed by atoms with E-state index < -0.39 is 41.8 Å². The van der Waals surface area contributed by atoms with Gasteiger partial charge in [-0.1, -0.05) is 50.6 Å². The third kappa shape index (κ3) is 7.90. The van der Waals surface area contributed by atoms with Crippen LogP contribution in [0.15, 0.2) is 30.3 Å². The van der Waals surface area contributed by atoms with E-state index in [0.717, 1.165) is 5.56 Å². The van der Waals surface area contributed by atoms with Crippen molar-refractivity contribution in [2.45, 2.75) is 51.7 Å². The average Bonchev–Trinajstić information content (AvgIpc) is 2.70. The predicted octanol–water partition coefficient (Wildman–Crippen LogP) is -0.207. The molecule has 9 heteroatoms. The summed E-state index contributed by atoms with van der Waals surface area (Å²) < 4.78 is 0. The van der Waals surface area contributed by atoms with Crippen LogP contribution < -0.4 is 21.7 Å². The van der Waals surface area contributed by atoms with Gasteiger partial charge in [-0.3, -0.25) is 19.2 Å². The fourth-order valence-corrected chi connectivity index (χ4v) is 2.63. The van der Waals surface area contributed by atoms with Gasteiger partial charge in [-0.25, -0.2) is 0 Å². The maximum absolute atomic E-state index is 12.9. The van der Waals surface area contributed by atoms with Crippen LogP contribution in [0.2, 0.25) is 0 Å². The molecule has 1 rings (SSSR count). The number of hydrogen-bond acceptors (Lipinski definition) is 5. The molecule has 0 aliphatic heterocycles. The van der Waals surface area contributed by atoms with E-state index in [9.17, 15) is 19.2 Å². The number of carbonyl (C=O) groups is 4. The number of rotatable bonds is 11. The molecule has 0 bridgehead atoms. The molecule has 6 N–H and O–H groups in total. The summed E-state index contributed by atoms with van der Waals surface area (Å²) >= 11 is 0. The quantitative estimate of drug-likeness (QED) is 0.343. The third-order valence-electron chi connectivity index (χ3n) is 4.64. The van der Waals surface area contributed by atoms with E-state index in [4.69, 9.17) is 10.8 Å². The fraction of sp³-hybridized carbons (Fsp3) is 0.500. The highest BCUT2D eigenvalue weighted by Gasteiger charge is 2.31. The van der Waals surface area contributed by atoms with Crippen LogP contribution in [0.4, 0.5) is 0 Å². The Kier molecular flexibility index (Phi) is 9.81. The van der Waals surface area contributed by atoms with Gasteiger partial charge >= 0.3 is 5.97 Å². The topological polar surface area (TPSA) is 151 Å². The number of hydrogen-bond donors (Lipinski definition) is 5. The molecule has 160 valence electrons. The molecule has 29 heavy (non-hydrogen) atoms. The molecule has 0 saturated carbocycles. The van der Waals surface area contributed by atoms with Crippen LogP contribution in [-0.4, -0.2) is 53.5 Å². The van der Waals surface area contributed by atoms with E-state index in [1.807, 2.05) is 37.3 Å². The summed E-state index contributed by atoms with van der Waals surface area (Å²) in [6.07, 6.45) is 0.803. The van der Waals surface area contributed by atoms with Crippen molar-refractivity contribution in [2.24, 2.45) is 11.7 Å². The summed E-state index contributed by atoms with van der Waals surface area (Å²) in [6, 6.07) is 6.15. The summed E-state index contributed by atoms with van der Waals surface area (Å²) in [7, 11) is 0. The standard InChI is InChI=1S/C20H30N4O5/c1-4-12(2)17(19(27)22-13(3)20(28)29)24-18(26)15(23-16(25)11-21)10-14-8-6-5-7-9-14/h5-9,12-13,15,17H,4,10-11,21H2,1-3H3,(H,22,27)(H,23,25)(H,24,26)(H,28,29). The van der Waals surface area contributed by atoms with Crippen LogP contribution in [0.25, 0.3) is 0 Å². The zero-order chi connectivity index (χ0) is 22.0. The van der Waals surface area contributed by atoms with Gasteiger partial charge in [-0.15, -0.1) is 0 Å². The van der Waals surface area contributed by atoms with Crippen molar-refractivity contribution in [3.05, 3.63) is 35.9 Å². The summed E-state index contributed by atoms with van der Waals surface area (Å²) in [4.78, 5) is 48.3. The van der Waals surface area contributed by atoms with Crippen LogP contribution >= 0.6 is 0 Å². The Hall–Kier alpha value is -2.94. The normalized spacial score (nSPS) is 14.8. The number of benzene rings is 1. The van der Waals surface area contributed by atoms with E-state index in [0.29, 0.717) is 6.42 Å². The lowest BCUT2D eigenvalue weighted by Crippen LogP contribution is -2.58. The molecule has 4 atom stereocenters. The van der Waals surface area contributed by atoms with Gasteiger partial charge in [0.15, 0.2) is 0 Å². The second-order valence-corrected chi connectivity index (χ2v) is 6.95. The summed E-state index contributed by atoms with van der Waals surface area (Å²) in [5.74, 6) is -3.05. The summed E-state index contributed by atoms with van der Waals surface area (Å²) in [6.45, 7) is 4.70. The van der Waals surface area contributed by atoms with E-state index in [1.165, 1.54) is 6.92 Å². The van der Waals surface area contributed by atoms with Gasteiger partial charge in [0, 0.05) is 6.42 Å². The Labute approximate surface area is 170 Å². The first kappa shape index (κ1) is 24.1. The molecule has 9 nitrogen and oxygen atoms in total. The van der Waals surface area contributed by atoms with Gasteiger partial charge in [-0.2, -0.15) is 0 Å². The van der Waals surface area contributed by atoms with E-state index in [1.54, 1.807) is 6.92 Å². The average molecular weight is 406 g/mol. The minimum absolute atomic E-state index is 0.221. The second kappa shape index (κ2) is 11.8. The summed E-state index contributed by atoms with van der Waals surface area (Å²) in [5.41, 5.74) is 6.18. The van der Waals surface area contributed by atoms with Crippen LogP contribution in [0.1, 0.15) is 32.8 Å². The van der Waals surface area contributed by atoms with Gasteiger partial charge in [0.05, 0.1) is 6.54 Å². The molecule has 0 aliphatic carbocycles. The fourth-order valence-electron chi connectivity index (χ4n) is 2.63. The molecule has 1 aromatic carbocycles. The first-order chi connectivity index (χ1) is 13.7. The monoisotopic (exact) mass is 406 g/mol. The number of carboxylic acids is 1. The molecule has 0 fully saturated rings. The number of carboxylic acid groups (broad SMARTS) is 1.